The van der Waals surface area contributed by atoms with Crippen LogP contribution >= 0.6 is 11.3 Å². The molecular weight excluding hydrogens is 367 g/mol. The maximum absolute atomic E-state index is 13.8. The summed E-state index contributed by atoms with van der Waals surface area (Å²) in [7, 11) is 0. The van der Waals surface area contributed by atoms with Crippen molar-refractivity contribution >= 4 is 17.4 Å². The minimum atomic E-state index is -0.309. The third-order valence-electron chi connectivity index (χ3n) is 5.16. The number of amides is 2. The summed E-state index contributed by atoms with van der Waals surface area (Å²) in [5.41, 5.74) is 2.76. The van der Waals surface area contributed by atoms with Crippen LogP contribution in [0, 0.1) is 5.82 Å². The average molecular weight is 390 g/mol. The molecule has 1 atom stereocenters. The fraction of sp³-hybridized carbons (Fsp3) is 0.450. The van der Waals surface area contributed by atoms with Crippen molar-refractivity contribution in [1.29, 1.82) is 0 Å². The first-order valence-corrected chi connectivity index (χ1v) is 10.2. The average Bonchev–Trinajstić information content (AvgIpc) is 3.15. The van der Waals surface area contributed by atoms with E-state index in [4.69, 9.17) is 9.47 Å². The number of fused-ring (bicyclic) bond motifs is 2. The van der Waals surface area contributed by atoms with Crippen LogP contribution in [0.5, 0.6) is 5.75 Å². The first-order chi connectivity index (χ1) is 13.2. The van der Waals surface area contributed by atoms with Gasteiger partial charge in [-0.15, -0.1) is 11.3 Å². The molecule has 0 aliphatic carbocycles. The molecular formula is C20H23FN2O3S. The van der Waals surface area contributed by atoms with Gasteiger partial charge in [-0.25, -0.2) is 9.18 Å². The highest BCUT2D eigenvalue weighted by Crippen LogP contribution is 2.35. The van der Waals surface area contributed by atoms with Gasteiger partial charge in [-0.1, -0.05) is 6.92 Å². The van der Waals surface area contributed by atoms with Crippen LogP contribution in [-0.2, 0) is 24.2 Å². The van der Waals surface area contributed by atoms with E-state index in [0.717, 1.165) is 30.5 Å². The highest BCUT2D eigenvalue weighted by molar-refractivity contribution is 7.10. The summed E-state index contributed by atoms with van der Waals surface area (Å²) in [5.74, 6) is 0.375. The molecule has 27 heavy (non-hydrogen) atoms. The third-order valence-corrected chi connectivity index (χ3v) is 6.16. The molecule has 0 saturated heterocycles. The van der Waals surface area contributed by atoms with Gasteiger partial charge in [-0.2, -0.15) is 0 Å². The zero-order valence-electron chi connectivity index (χ0n) is 15.3. The molecule has 1 N–H and O–H groups in total. The second kappa shape index (κ2) is 7.86. The van der Waals surface area contributed by atoms with Crippen LogP contribution in [0.4, 0.5) is 9.18 Å². The standard InChI is InChI=1S/C20H23FN2O3S/c1-2-17-16-5-8-27-18(16)4-7-23(17)20(24)22-6-3-13-9-15(21)10-14-11-25-12-26-19(13)14/h5,8-10,17H,2-4,6-7,11-12H2,1H3,(H,22,24). The number of carbonyl (C=O) groups is 1. The molecule has 0 bridgehead atoms. The van der Waals surface area contributed by atoms with Gasteiger partial charge in [0, 0.05) is 23.5 Å². The monoisotopic (exact) mass is 390 g/mol. The second-order valence-corrected chi connectivity index (χ2v) is 7.81. The Labute approximate surface area is 162 Å². The number of hydrogen-bond donors (Lipinski definition) is 1. The number of benzene rings is 1. The SMILES string of the molecule is CCC1c2ccsc2CCN1C(=O)NCCc1cc(F)cc2c1OCOC2. The maximum atomic E-state index is 13.8. The molecule has 1 aromatic carbocycles. The Bertz CT molecular complexity index is 839. The van der Waals surface area contributed by atoms with E-state index >= 15 is 0 Å². The Hall–Kier alpha value is -2.12. The Morgan fingerprint density at radius 2 is 2.33 bits per heavy atom. The highest BCUT2D eigenvalue weighted by atomic mass is 32.1. The highest BCUT2D eigenvalue weighted by Gasteiger charge is 2.30. The Kier molecular flexibility index (Phi) is 5.31. The predicted octanol–water partition coefficient (Wildman–Crippen LogP) is 4.02. The first-order valence-electron chi connectivity index (χ1n) is 9.30. The van der Waals surface area contributed by atoms with E-state index in [0.29, 0.717) is 25.3 Å². The molecule has 0 saturated carbocycles. The van der Waals surface area contributed by atoms with E-state index in [1.165, 1.54) is 22.6 Å². The number of hydrogen-bond acceptors (Lipinski definition) is 4. The number of halogens is 1. The van der Waals surface area contributed by atoms with Gasteiger partial charge in [0.05, 0.1) is 12.6 Å². The fourth-order valence-corrected chi connectivity index (χ4v) is 4.86. The van der Waals surface area contributed by atoms with E-state index in [9.17, 15) is 9.18 Å². The van der Waals surface area contributed by atoms with Gasteiger partial charge < -0.3 is 19.7 Å². The molecule has 144 valence electrons. The van der Waals surface area contributed by atoms with Gasteiger partial charge in [0.2, 0.25) is 0 Å². The summed E-state index contributed by atoms with van der Waals surface area (Å²) in [5, 5.41) is 5.10. The number of ether oxygens (including phenoxy) is 2. The Morgan fingerprint density at radius 3 is 3.19 bits per heavy atom. The molecule has 5 nitrogen and oxygen atoms in total. The number of rotatable bonds is 4. The number of nitrogens with one attached hydrogen (secondary N) is 1. The van der Waals surface area contributed by atoms with E-state index in [1.807, 2.05) is 4.90 Å². The van der Waals surface area contributed by atoms with Crippen molar-refractivity contribution in [3.05, 3.63) is 51.0 Å². The molecule has 1 aromatic heterocycles. The van der Waals surface area contributed by atoms with Gasteiger partial charge in [0.1, 0.15) is 11.6 Å². The van der Waals surface area contributed by atoms with Crippen molar-refractivity contribution in [1.82, 2.24) is 10.2 Å². The van der Waals surface area contributed by atoms with E-state index in [-0.39, 0.29) is 24.7 Å². The number of thiophene rings is 1. The third kappa shape index (κ3) is 3.66. The molecule has 7 heteroatoms. The van der Waals surface area contributed by atoms with Crippen LogP contribution < -0.4 is 10.1 Å². The van der Waals surface area contributed by atoms with Gasteiger partial charge in [-0.3, -0.25) is 0 Å². The lowest BCUT2D eigenvalue weighted by molar-refractivity contribution is -0.0172. The lowest BCUT2D eigenvalue weighted by Crippen LogP contribution is -2.45. The van der Waals surface area contributed by atoms with E-state index in [1.54, 1.807) is 11.3 Å². The van der Waals surface area contributed by atoms with Gasteiger partial charge >= 0.3 is 6.03 Å². The molecule has 3 heterocycles. The molecule has 4 rings (SSSR count). The van der Waals surface area contributed by atoms with Crippen molar-refractivity contribution in [3.8, 4) is 5.75 Å². The van der Waals surface area contributed by atoms with Gasteiger partial charge in [0.15, 0.2) is 6.79 Å². The minimum Gasteiger partial charge on any atom is -0.467 e. The summed E-state index contributed by atoms with van der Waals surface area (Å²) in [4.78, 5) is 16.0. The Morgan fingerprint density at radius 1 is 1.44 bits per heavy atom. The molecule has 0 radical (unpaired) electrons. The zero-order chi connectivity index (χ0) is 18.8. The van der Waals surface area contributed by atoms with E-state index < -0.39 is 0 Å². The van der Waals surface area contributed by atoms with Crippen molar-refractivity contribution < 1.29 is 18.7 Å². The molecule has 1 unspecified atom stereocenters. The fourth-order valence-electron chi connectivity index (χ4n) is 3.93. The molecule has 0 spiro atoms. The van der Waals surface area contributed by atoms with Crippen LogP contribution in [0.3, 0.4) is 0 Å². The normalized spacial score (nSPS) is 18.4. The summed E-state index contributed by atoms with van der Waals surface area (Å²) < 4.78 is 24.6. The smallest absolute Gasteiger partial charge is 0.317 e. The van der Waals surface area contributed by atoms with Crippen molar-refractivity contribution in [2.75, 3.05) is 19.9 Å². The number of carbonyl (C=O) groups excluding carboxylic acids is 1. The van der Waals surface area contributed by atoms with Crippen molar-refractivity contribution in [2.24, 2.45) is 0 Å². The molecule has 0 fully saturated rings. The second-order valence-electron chi connectivity index (χ2n) is 6.81. The predicted molar refractivity (Wildman–Crippen MR) is 102 cm³/mol. The lowest BCUT2D eigenvalue weighted by atomic mass is 9.98. The van der Waals surface area contributed by atoms with Crippen LogP contribution in [-0.4, -0.2) is 30.8 Å². The van der Waals surface area contributed by atoms with Crippen LogP contribution in [0.25, 0.3) is 0 Å². The van der Waals surface area contributed by atoms with Crippen LogP contribution in [0.2, 0.25) is 0 Å². The summed E-state index contributed by atoms with van der Waals surface area (Å²) in [6.45, 7) is 3.79. The minimum absolute atomic E-state index is 0.0618. The quantitative estimate of drug-likeness (QED) is 0.858. The number of urea groups is 1. The lowest BCUT2D eigenvalue weighted by Gasteiger charge is -2.35. The van der Waals surface area contributed by atoms with Crippen molar-refractivity contribution in [2.45, 2.75) is 38.8 Å². The molecule has 2 aliphatic heterocycles. The molecule has 2 amide bonds. The zero-order valence-corrected chi connectivity index (χ0v) is 16.1. The number of nitrogens with zero attached hydrogens (tertiary/aromatic N) is 1. The molecule has 2 aliphatic rings. The Balaban J connectivity index is 1.40. The first kappa shape index (κ1) is 18.3. The van der Waals surface area contributed by atoms with Gasteiger partial charge in [0.25, 0.3) is 0 Å². The van der Waals surface area contributed by atoms with E-state index in [2.05, 4.69) is 23.7 Å². The van der Waals surface area contributed by atoms with Crippen LogP contribution in [0.1, 0.15) is 41.0 Å². The summed E-state index contributed by atoms with van der Waals surface area (Å²) in [6, 6.07) is 5.11. The summed E-state index contributed by atoms with van der Waals surface area (Å²) in [6.07, 6.45) is 2.31. The summed E-state index contributed by atoms with van der Waals surface area (Å²) >= 11 is 1.77. The van der Waals surface area contributed by atoms with Crippen molar-refractivity contribution in [3.63, 3.8) is 0 Å². The molecule has 2 aromatic rings. The van der Waals surface area contributed by atoms with Crippen LogP contribution in [0.15, 0.2) is 23.6 Å². The topological polar surface area (TPSA) is 50.8 Å². The van der Waals surface area contributed by atoms with Gasteiger partial charge in [-0.05, 0) is 54.0 Å². The largest absolute Gasteiger partial charge is 0.467 e. The maximum Gasteiger partial charge on any atom is 0.317 e.